The molecule has 0 saturated heterocycles. The number of pyridine rings is 1. The molecule has 0 N–H and O–H groups in total. The summed E-state index contributed by atoms with van der Waals surface area (Å²) < 4.78 is 5.36. The van der Waals surface area contributed by atoms with E-state index in [0.717, 1.165) is 0 Å². The molecule has 1 heterocycles. The van der Waals surface area contributed by atoms with Crippen LogP contribution in [-0.2, 0) is 16.0 Å². The molecule has 0 aliphatic heterocycles. The summed E-state index contributed by atoms with van der Waals surface area (Å²) in [5.41, 5.74) is 0.830. The number of hydrogen-bond donors (Lipinski definition) is 0. The fraction of sp³-hybridized carbons (Fsp3) is 0.300. The smallest absolute Gasteiger partial charge is 0.310 e. The van der Waals surface area contributed by atoms with Gasteiger partial charge >= 0.3 is 5.97 Å². The average molecular weight is 269 g/mol. The van der Waals surface area contributed by atoms with E-state index in [1.807, 2.05) is 6.07 Å². The van der Waals surface area contributed by atoms with Gasteiger partial charge < -0.3 is 4.74 Å². The van der Waals surface area contributed by atoms with Gasteiger partial charge in [-0.3, -0.25) is 4.79 Å². The quantitative estimate of drug-likeness (QED) is 0.620. The molecule has 1 aromatic heterocycles. The molecule has 0 fully saturated rings. The van der Waals surface area contributed by atoms with E-state index in [-0.39, 0.29) is 18.1 Å². The lowest BCUT2D eigenvalue weighted by Crippen LogP contribution is -2.09. The molecule has 0 bridgehead atoms. The van der Waals surface area contributed by atoms with Crippen molar-refractivity contribution in [3.05, 3.63) is 28.0 Å². The zero-order valence-electron chi connectivity index (χ0n) is 8.16. The molecule has 4 nitrogen and oxygen atoms in total. The van der Waals surface area contributed by atoms with Crippen molar-refractivity contribution >= 4 is 21.9 Å². The van der Waals surface area contributed by atoms with Crippen molar-refractivity contribution in [1.82, 2.24) is 4.98 Å². The van der Waals surface area contributed by atoms with Crippen molar-refractivity contribution in [2.75, 3.05) is 6.61 Å². The molecule has 0 atom stereocenters. The van der Waals surface area contributed by atoms with Crippen LogP contribution in [0.2, 0.25) is 0 Å². The maximum Gasteiger partial charge on any atom is 0.310 e. The summed E-state index contributed by atoms with van der Waals surface area (Å²) >= 11 is 3.16. The lowest BCUT2D eigenvalue weighted by Gasteiger charge is -2.03. The van der Waals surface area contributed by atoms with E-state index in [1.54, 1.807) is 19.1 Å². The predicted octanol–water partition coefficient (Wildman–Crippen LogP) is 1.82. The summed E-state index contributed by atoms with van der Waals surface area (Å²) in [6.45, 7) is 2.08. The summed E-state index contributed by atoms with van der Waals surface area (Å²) in [5, 5.41) is 8.80. The van der Waals surface area contributed by atoms with Crippen LogP contribution in [0.15, 0.2) is 16.7 Å². The average Bonchev–Trinajstić information content (AvgIpc) is 2.21. The highest BCUT2D eigenvalue weighted by molar-refractivity contribution is 9.10. The molecule has 0 amide bonds. The molecular weight excluding hydrogens is 260 g/mol. The van der Waals surface area contributed by atoms with E-state index < -0.39 is 0 Å². The highest BCUT2D eigenvalue weighted by atomic mass is 79.9. The van der Waals surface area contributed by atoms with Crippen LogP contribution in [0, 0.1) is 11.3 Å². The van der Waals surface area contributed by atoms with Crippen LogP contribution < -0.4 is 0 Å². The van der Waals surface area contributed by atoms with E-state index in [2.05, 4.69) is 20.9 Å². The molecule has 0 aromatic carbocycles. The largest absolute Gasteiger partial charge is 0.466 e. The van der Waals surface area contributed by atoms with Crippen molar-refractivity contribution in [2.24, 2.45) is 0 Å². The minimum atomic E-state index is -0.349. The van der Waals surface area contributed by atoms with Crippen LogP contribution >= 0.6 is 15.9 Å². The van der Waals surface area contributed by atoms with Gasteiger partial charge in [-0.15, -0.1) is 0 Å². The van der Waals surface area contributed by atoms with Gasteiger partial charge in [0.05, 0.1) is 13.0 Å². The molecule has 5 heteroatoms. The van der Waals surface area contributed by atoms with Gasteiger partial charge in [0.25, 0.3) is 0 Å². The Morgan fingerprint density at radius 2 is 2.40 bits per heavy atom. The summed E-state index contributed by atoms with van der Waals surface area (Å²) in [6, 6.07) is 5.31. The Bertz CT molecular complexity index is 412. The Hall–Kier alpha value is -1.41. The van der Waals surface area contributed by atoms with Gasteiger partial charge in [-0.05, 0) is 34.5 Å². The first-order chi connectivity index (χ1) is 7.17. The van der Waals surface area contributed by atoms with E-state index in [4.69, 9.17) is 10.00 Å². The zero-order valence-corrected chi connectivity index (χ0v) is 9.74. The molecule has 78 valence electrons. The number of aromatic nitrogens is 1. The second kappa shape index (κ2) is 5.47. The molecule has 15 heavy (non-hydrogen) atoms. The third-order valence-electron chi connectivity index (χ3n) is 1.69. The minimum absolute atomic E-state index is 0.0804. The Kier molecular flexibility index (Phi) is 4.25. The Morgan fingerprint density at radius 1 is 1.67 bits per heavy atom. The fourth-order valence-corrected chi connectivity index (χ4v) is 1.38. The van der Waals surface area contributed by atoms with Gasteiger partial charge in [0.2, 0.25) is 0 Å². The monoisotopic (exact) mass is 268 g/mol. The third-order valence-corrected chi connectivity index (χ3v) is 2.13. The van der Waals surface area contributed by atoms with E-state index in [1.165, 1.54) is 0 Å². The number of rotatable bonds is 3. The Balaban J connectivity index is 2.86. The fourth-order valence-electron chi connectivity index (χ4n) is 1.07. The van der Waals surface area contributed by atoms with Crippen molar-refractivity contribution < 1.29 is 9.53 Å². The van der Waals surface area contributed by atoms with E-state index >= 15 is 0 Å². The summed E-state index contributed by atoms with van der Waals surface area (Å²) in [6.07, 6.45) is 0.0804. The van der Waals surface area contributed by atoms with E-state index in [0.29, 0.717) is 16.8 Å². The first kappa shape index (κ1) is 11.7. The van der Waals surface area contributed by atoms with Crippen LogP contribution in [0.5, 0.6) is 0 Å². The number of hydrogen-bond acceptors (Lipinski definition) is 4. The van der Waals surface area contributed by atoms with Gasteiger partial charge in [0.15, 0.2) is 0 Å². The van der Waals surface area contributed by atoms with Crippen molar-refractivity contribution in [3.63, 3.8) is 0 Å². The molecule has 1 rings (SSSR count). The van der Waals surface area contributed by atoms with Crippen LogP contribution in [0.4, 0.5) is 0 Å². The Labute approximate surface area is 96.0 Å². The molecular formula is C10H9BrN2O2. The maximum atomic E-state index is 11.2. The molecule has 0 aliphatic rings. The third kappa shape index (κ3) is 3.33. The number of carbonyl (C=O) groups is 1. The van der Waals surface area contributed by atoms with Crippen LogP contribution in [-0.4, -0.2) is 17.6 Å². The standard InChI is InChI=1S/C10H9BrN2O2/c1-2-15-10(14)5-7-3-4-9(11)13-8(7)6-12/h3-4H,2,5H2,1H3. The van der Waals surface area contributed by atoms with Gasteiger partial charge in [-0.25, -0.2) is 4.98 Å². The number of ether oxygens (including phenoxy) is 1. The molecule has 0 radical (unpaired) electrons. The summed E-state index contributed by atoms with van der Waals surface area (Å²) in [7, 11) is 0. The number of nitrogens with zero attached hydrogens (tertiary/aromatic N) is 2. The predicted molar refractivity (Wildman–Crippen MR) is 57.0 cm³/mol. The van der Waals surface area contributed by atoms with Crippen molar-refractivity contribution in [2.45, 2.75) is 13.3 Å². The second-order valence-electron chi connectivity index (χ2n) is 2.74. The highest BCUT2D eigenvalue weighted by Gasteiger charge is 2.09. The van der Waals surface area contributed by atoms with Gasteiger partial charge in [-0.2, -0.15) is 5.26 Å². The van der Waals surface area contributed by atoms with Gasteiger partial charge in [0.1, 0.15) is 16.4 Å². The normalized spacial score (nSPS) is 9.40. The topological polar surface area (TPSA) is 63.0 Å². The minimum Gasteiger partial charge on any atom is -0.466 e. The highest BCUT2D eigenvalue weighted by Crippen LogP contribution is 2.12. The number of halogens is 1. The Morgan fingerprint density at radius 3 is 3.00 bits per heavy atom. The second-order valence-corrected chi connectivity index (χ2v) is 3.55. The molecule has 0 spiro atoms. The van der Waals surface area contributed by atoms with Gasteiger partial charge in [-0.1, -0.05) is 6.07 Å². The first-order valence-electron chi connectivity index (χ1n) is 4.38. The van der Waals surface area contributed by atoms with Crippen LogP contribution in [0.1, 0.15) is 18.2 Å². The van der Waals surface area contributed by atoms with Crippen LogP contribution in [0.3, 0.4) is 0 Å². The van der Waals surface area contributed by atoms with E-state index in [9.17, 15) is 4.79 Å². The molecule has 0 aliphatic carbocycles. The number of carbonyl (C=O) groups excluding carboxylic acids is 1. The summed E-state index contributed by atoms with van der Waals surface area (Å²) in [5.74, 6) is -0.349. The number of nitriles is 1. The number of esters is 1. The summed E-state index contributed by atoms with van der Waals surface area (Å²) in [4.78, 5) is 15.1. The maximum absolute atomic E-state index is 11.2. The first-order valence-corrected chi connectivity index (χ1v) is 5.17. The van der Waals surface area contributed by atoms with Crippen LogP contribution in [0.25, 0.3) is 0 Å². The van der Waals surface area contributed by atoms with Crippen molar-refractivity contribution in [3.8, 4) is 6.07 Å². The van der Waals surface area contributed by atoms with Crippen molar-refractivity contribution in [1.29, 1.82) is 5.26 Å². The molecule has 0 saturated carbocycles. The molecule has 0 unspecified atom stereocenters. The lowest BCUT2D eigenvalue weighted by atomic mass is 10.1. The van der Waals surface area contributed by atoms with Gasteiger partial charge in [0, 0.05) is 0 Å². The molecule has 1 aromatic rings. The zero-order chi connectivity index (χ0) is 11.3. The lowest BCUT2D eigenvalue weighted by molar-refractivity contribution is -0.142. The SMILES string of the molecule is CCOC(=O)Cc1ccc(Br)nc1C#N.